The zero-order valence-corrected chi connectivity index (χ0v) is 11.6. The molecule has 0 aliphatic heterocycles. The Morgan fingerprint density at radius 1 is 1.37 bits per heavy atom. The molecule has 94 valence electrons. The van der Waals surface area contributed by atoms with Crippen LogP contribution in [0.4, 0.5) is 0 Å². The first-order chi connectivity index (χ1) is 9.28. The maximum Gasteiger partial charge on any atom is 0.234 e. The monoisotopic (exact) mass is 288 g/mol. The van der Waals surface area contributed by atoms with Gasteiger partial charge in [-0.3, -0.25) is 0 Å². The molecule has 0 aliphatic carbocycles. The van der Waals surface area contributed by atoms with Gasteiger partial charge in [-0.15, -0.1) is 26.6 Å². The third kappa shape index (κ3) is 2.25. The lowest BCUT2D eigenvalue weighted by atomic mass is 10.2. The molecule has 8 heteroatoms. The standard InChI is InChI=1S/C11H8N6S2/c1-7-13-15-11(19-7)17-10(9(6-12)14-16-17)5-8-3-2-4-18-8/h2-4H,5H2,1H3. The minimum Gasteiger partial charge on any atom is -0.191 e. The summed E-state index contributed by atoms with van der Waals surface area (Å²) in [5.41, 5.74) is 1.09. The van der Waals surface area contributed by atoms with Gasteiger partial charge in [-0.2, -0.15) is 9.94 Å². The first kappa shape index (κ1) is 12.0. The van der Waals surface area contributed by atoms with E-state index >= 15 is 0 Å². The molecule has 3 aromatic heterocycles. The fraction of sp³-hybridized carbons (Fsp3) is 0.182. The number of aromatic nitrogens is 5. The van der Waals surface area contributed by atoms with Gasteiger partial charge < -0.3 is 0 Å². The van der Waals surface area contributed by atoms with E-state index < -0.39 is 0 Å². The highest BCUT2D eigenvalue weighted by Gasteiger charge is 2.17. The van der Waals surface area contributed by atoms with Crippen molar-refractivity contribution in [2.24, 2.45) is 0 Å². The molecule has 0 spiro atoms. The maximum absolute atomic E-state index is 9.12. The molecule has 0 atom stereocenters. The summed E-state index contributed by atoms with van der Waals surface area (Å²) in [6.07, 6.45) is 0.617. The zero-order chi connectivity index (χ0) is 13.2. The number of rotatable bonds is 3. The van der Waals surface area contributed by atoms with E-state index in [9.17, 15) is 0 Å². The molecule has 0 bridgehead atoms. The van der Waals surface area contributed by atoms with E-state index in [0.29, 0.717) is 17.2 Å². The van der Waals surface area contributed by atoms with E-state index in [0.717, 1.165) is 15.6 Å². The summed E-state index contributed by atoms with van der Waals surface area (Å²) in [6, 6.07) is 6.08. The quantitative estimate of drug-likeness (QED) is 0.736. The van der Waals surface area contributed by atoms with Gasteiger partial charge in [0.05, 0.1) is 5.69 Å². The number of hydrogen-bond donors (Lipinski definition) is 0. The summed E-state index contributed by atoms with van der Waals surface area (Å²) < 4.78 is 1.60. The van der Waals surface area contributed by atoms with Crippen LogP contribution in [0.25, 0.3) is 5.13 Å². The van der Waals surface area contributed by atoms with Crippen molar-refractivity contribution in [2.45, 2.75) is 13.3 Å². The first-order valence-corrected chi connectivity index (χ1v) is 7.15. The van der Waals surface area contributed by atoms with E-state index in [4.69, 9.17) is 5.26 Å². The highest BCUT2D eigenvalue weighted by atomic mass is 32.1. The topological polar surface area (TPSA) is 80.3 Å². The Hall–Kier alpha value is -2.11. The molecule has 0 aromatic carbocycles. The van der Waals surface area contributed by atoms with Gasteiger partial charge >= 0.3 is 0 Å². The highest BCUT2D eigenvalue weighted by Crippen LogP contribution is 2.21. The molecule has 3 aromatic rings. The minimum absolute atomic E-state index is 0.334. The van der Waals surface area contributed by atoms with Crippen LogP contribution < -0.4 is 0 Å². The van der Waals surface area contributed by atoms with Crippen molar-refractivity contribution in [1.82, 2.24) is 25.2 Å². The van der Waals surface area contributed by atoms with Crippen molar-refractivity contribution in [2.75, 3.05) is 0 Å². The lowest BCUT2D eigenvalue weighted by Crippen LogP contribution is -2.03. The zero-order valence-electron chi connectivity index (χ0n) is 9.94. The summed E-state index contributed by atoms with van der Waals surface area (Å²) in [4.78, 5) is 1.15. The molecule has 6 nitrogen and oxygen atoms in total. The molecular weight excluding hydrogens is 280 g/mol. The van der Waals surface area contributed by atoms with Crippen LogP contribution in [-0.2, 0) is 6.42 Å². The van der Waals surface area contributed by atoms with Gasteiger partial charge in [-0.1, -0.05) is 22.6 Å². The molecule has 0 saturated carbocycles. The Morgan fingerprint density at radius 3 is 2.89 bits per heavy atom. The SMILES string of the molecule is Cc1nnc(-n2nnc(C#N)c2Cc2cccs2)s1. The van der Waals surface area contributed by atoms with Gasteiger partial charge in [0.25, 0.3) is 0 Å². The van der Waals surface area contributed by atoms with Gasteiger partial charge in [-0.25, -0.2) is 0 Å². The molecule has 3 heterocycles. The van der Waals surface area contributed by atoms with Crippen molar-refractivity contribution in [3.8, 4) is 11.2 Å². The number of hydrogen-bond acceptors (Lipinski definition) is 7. The second kappa shape index (κ2) is 4.87. The lowest BCUT2D eigenvalue weighted by molar-refractivity contribution is 0.756. The van der Waals surface area contributed by atoms with Crippen LogP contribution in [0.15, 0.2) is 17.5 Å². The summed E-state index contributed by atoms with van der Waals surface area (Å²) in [5.74, 6) is 0. The van der Waals surface area contributed by atoms with Crippen LogP contribution in [0.3, 0.4) is 0 Å². The van der Waals surface area contributed by atoms with Crippen LogP contribution in [0.1, 0.15) is 21.3 Å². The second-order valence-electron chi connectivity index (χ2n) is 3.77. The van der Waals surface area contributed by atoms with Gasteiger partial charge in [-0.05, 0) is 18.4 Å². The predicted molar refractivity (Wildman–Crippen MR) is 71.4 cm³/mol. The van der Waals surface area contributed by atoms with Crippen LogP contribution >= 0.6 is 22.7 Å². The number of thiophene rings is 1. The fourth-order valence-electron chi connectivity index (χ4n) is 1.65. The summed E-state index contributed by atoms with van der Waals surface area (Å²) >= 11 is 3.06. The van der Waals surface area contributed by atoms with E-state index in [2.05, 4.69) is 26.6 Å². The van der Waals surface area contributed by atoms with E-state index in [1.54, 1.807) is 16.0 Å². The Balaban J connectivity index is 2.06. The van der Waals surface area contributed by atoms with Crippen molar-refractivity contribution < 1.29 is 0 Å². The normalized spacial score (nSPS) is 10.5. The van der Waals surface area contributed by atoms with Crippen LogP contribution in [-0.4, -0.2) is 25.2 Å². The fourth-order valence-corrected chi connectivity index (χ4v) is 3.02. The average Bonchev–Trinajstić information content (AvgIpc) is 3.10. The van der Waals surface area contributed by atoms with Crippen molar-refractivity contribution in [1.29, 1.82) is 5.26 Å². The molecule has 0 unspecified atom stereocenters. The van der Waals surface area contributed by atoms with Gasteiger partial charge in [0, 0.05) is 11.3 Å². The van der Waals surface area contributed by atoms with Gasteiger partial charge in [0.1, 0.15) is 11.1 Å². The number of aryl methyl sites for hydroxylation is 1. The van der Waals surface area contributed by atoms with E-state index in [1.807, 2.05) is 24.4 Å². The summed E-state index contributed by atoms with van der Waals surface area (Å²) in [5, 5.41) is 28.5. The van der Waals surface area contributed by atoms with E-state index in [1.165, 1.54) is 11.3 Å². The number of nitrogens with zero attached hydrogens (tertiary/aromatic N) is 6. The third-order valence-electron chi connectivity index (χ3n) is 2.49. The molecule has 3 rings (SSSR count). The smallest absolute Gasteiger partial charge is 0.191 e. The number of nitriles is 1. The predicted octanol–water partition coefficient (Wildman–Crippen LogP) is 1.95. The van der Waals surface area contributed by atoms with Crippen LogP contribution in [0, 0.1) is 18.3 Å². The van der Waals surface area contributed by atoms with Crippen LogP contribution in [0.5, 0.6) is 0 Å². The van der Waals surface area contributed by atoms with Crippen molar-refractivity contribution in [3.05, 3.63) is 38.8 Å². The molecular formula is C11H8N6S2. The minimum atomic E-state index is 0.334. The molecule has 0 amide bonds. The molecule has 0 N–H and O–H groups in total. The summed E-state index contributed by atoms with van der Waals surface area (Å²) in [6.45, 7) is 1.88. The van der Waals surface area contributed by atoms with Crippen molar-refractivity contribution in [3.63, 3.8) is 0 Å². The molecule has 19 heavy (non-hydrogen) atoms. The molecule has 0 saturated heterocycles. The largest absolute Gasteiger partial charge is 0.234 e. The van der Waals surface area contributed by atoms with E-state index in [-0.39, 0.29) is 0 Å². The molecule has 0 radical (unpaired) electrons. The Labute approximate surface area is 117 Å². The Bertz CT molecular complexity index is 734. The lowest BCUT2D eigenvalue weighted by Gasteiger charge is -2.00. The molecule has 0 fully saturated rings. The van der Waals surface area contributed by atoms with Crippen LogP contribution in [0.2, 0.25) is 0 Å². The molecule has 0 aliphatic rings. The third-order valence-corrected chi connectivity index (χ3v) is 4.18. The Kier molecular flexibility index (Phi) is 3.06. The average molecular weight is 288 g/mol. The van der Waals surface area contributed by atoms with Gasteiger partial charge in [0.2, 0.25) is 5.13 Å². The second-order valence-corrected chi connectivity index (χ2v) is 5.96. The van der Waals surface area contributed by atoms with Crippen molar-refractivity contribution >= 4 is 22.7 Å². The summed E-state index contributed by atoms with van der Waals surface area (Å²) in [7, 11) is 0. The van der Waals surface area contributed by atoms with Gasteiger partial charge in [0.15, 0.2) is 5.69 Å². The maximum atomic E-state index is 9.12. The first-order valence-electron chi connectivity index (χ1n) is 5.45. The Morgan fingerprint density at radius 2 is 2.26 bits per heavy atom. The highest BCUT2D eigenvalue weighted by molar-refractivity contribution is 7.13.